The van der Waals surface area contributed by atoms with Crippen molar-refractivity contribution >= 4 is 18.0 Å². The molecule has 0 amide bonds. The zero-order chi connectivity index (χ0) is 8.74. The van der Waals surface area contributed by atoms with E-state index in [4.69, 9.17) is 0 Å². The minimum atomic E-state index is -1.85. The Balaban J connectivity index is 4.09. The number of rotatable bonds is 6. The predicted molar refractivity (Wildman–Crippen MR) is 59.0 cm³/mol. The molecule has 0 rings (SSSR count). The van der Waals surface area contributed by atoms with Gasteiger partial charge in [-0.2, -0.15) is 0 Å². The van der Waals surface area contributed by atoms with E-state index in [0.717, 1.165) is 0 Å². The van der Waals surface area contributed by atoms with E-state index >= 15 is 0 Å². The summed E-state index contributed by atoms with van der Waals surface area (Å²) >= 11 is 0.820. The van der Waals surface area contributed by atoms with Crippen molar-refractivity contribution in [2.24, 2.45) is 0 Å². The molecular formula is C9H15IZr. The molecule has 0 fully saturated rings. The van der Waals surface area contributed by atoms with Crippen LogP contribution < -0.4 is 0 Å². The van der Waals surface area contributed by atoms with Crippen LogP contribution in [0.15, 0.2) is 38.0 Å². The molecule has 0 aromatic heterocycles. The monoisotopic (exact) mass is 340 g/mol. The van der Waals surface area contributed by atoms with Crippen molar-refractivity contribution in [3.8, 4) is 0 Å². The summed E-state index contributed by atoms with van der Waals surface area (Å²) < 4.78 is 3.69. The van der Waals surface area contributed by atoms with E-state index in [1.54, 1.807) is 0 Å². The van der Waals surface area contributed by atoms with Crippen molar-refractivity contribution < 1.29 is 16.1 Å². The van der Waals surface area contributed by atoms with E-state index in [2.05, 4.69) is 56.0 Å². The fourth-order valence-electron chi connectivity index (χ4n) is 1.03. The van der Waals surface area contributed by atoms with Crippen molar-refractivity contribution in [1.29, 1.82) is 0 Å². The summed E-state index contributed by atoms with van der Waals surface area (Å²) in [5, 5.41) is 0. The van der Waals surface area contributed by atoms with Crippen LogP contribution in [0.4, 0.5) is 0 Å². The molecule has 62 valence electrons. The van der Waals surface area contributed by atoms with Gasteiger partial charge in [0.05, 0.1) is 0 Å². The first-order valence-electron chi connectivity index (χ1n) is 3.70. The Hall–Kier alpha value is 0.833. The maximum atomic E-state index is 3.79. The summed E-state index contributed by atoms with van der Waals surface area (Å²) in [6, 6.07) is 0. The van der Waals surface area contributed by atoms with Crippen LogP contribution >= 0.6 is 18.0 Å². The summed E-state index contributed by atoms with van der Waals surface area (Å²) in [5.74, 6) is 0. The molecule has 0 aromatic rings. The van der Waals surface area contributed by atoms with Gasteiger partial charge in [0, 0.05) is 0 Å². The minimum absolute atomic E-state index is 1.23. The molecule has 0 atom stereocenters. The van der Waals surface area contributed by atoms with E-state index in [9.17, 15) is 0 Å². The molecule has 11 heavy (non-hydrogen) atoms. The number of allylic oxidation sites excluding steroid dienone is 3. The molecule has 0 aliphatic rings. The SMILES string of the molecule is C=C[CH2][Zr]([I])([CH2]C=C)[CH2]C=C. The van der Waals surface area contributed by atoms with Crippen molar-refractivity contribution in [1.82, 2.24) is 0 Å². The van der Waals surface area contributed by atoms with E-state index in [-0.39, 0.29) is 0 Å². The van der Waals surface area contributed by atoms with Gasteiger partial charge in [-0.3, -0.25) is 0 Å². The molecule has 0 saturated heterocycles. The molecule has 0 saturated carbocycles. The zero-order valence-electron chi connectivity index (χ0n) is 6.85. The van der Waals surface area contributed by atoms with Crippen LogP contribution in [0, 0.1) is 0 Å². The summed E-state index contributed by atoms with van der Waals surface area (Å²) in [6.07, 6.45) is 6.15. The molecular weight excluding hydrogens is 326 g/mol. The second kappa shape index (κ2) is 6.36. The Morgan fingerprint density at radius 1 is 0.909 bits per heavy atom. The van der Waals surface area contributed by atoms with Crippen molar-refractivity contribution in [2.45, 2.75) is 12.4 Å². The standard InChI is InChI=1S/3C3H5.HI.Zr/c3*1-3-2;;/h3*3H,1-2H2;1H;/q;;;;+1/p-1. The average molecular weight is 341 g/mol. The fourth-order valence-corrected chi connectivity index (χ4v) is 11.6. The van der Waals surface area contributed by atoms with Crippen LogP contribution in [0.5, 0.6) is 0 Å². The zero-order valence-corrected chi connectivity index (χ0v) is 11.5. The fraction of sp³-hybridized carbons (Fsp3) is 0.333. The summed E-state index contributed by atoms with van der Waals surface area (Å²) in [6.45, 7) is 11.4. The Bertz CT molecular complexity index is 125. The van der Waals surface area contributed by atoms with E-state index in [1.807, 2.05) is 0 Å². The van der Waals surface area contributed by atoms with Crippen molar-refractivity contribution in [2.75, 3.05) is 0 Å². The summed E-state index contributed by atoms with van der Waals surface area (Å²) in [5.41, 5.74) is 0. The quantitative estimate of drug-likeness (QED) is 0.499. The Labute approximate surface area is 83.5 Å². The molecule has 2 heteroatoms. The van der Waals surface area contributed by atoms with Gasteiger partial charge in [-0.1, -0.05) is 0 Å². The normalized spacial score (nSPS) is 10.6. The second-order valence-electron chi connectivity index (χ2n) is 2.63. The van der Waals surface area contributed by atoms with E-state index < -0.39 is 16.1 Å². The van der Waals surface area contributed by atoms with Crippen LogP contribution in [-0.4, -0.2) is 0 Å². The molecule has 0 N–H and O–H groups in total. The maximum absolute atomic E-state index is 3.79. The molecule has 0 unspecified atom stereocenters. The van der Waals surface area contributed by atoms with Gasteiger partial charge in [0.2, 0.25) is 0 Å². The van der Waals surface area contributed by atoms with Gasteiger partial charge in [-0.15, -0.1) is 0 Å². The molecule has 0 nitrogen and oxygen atoms in total. The second-order valence-corrected chi connectivity index (χ2v) is 24.8. The van der Waals surface area contributed by atoms with Crippen LogP contribution in [-0.2, 0) is 16.1 Å². The number of hydrogen-bond donors (Lipinski definition) is 0. The molecule has 0 aliphatic heterocycles. The Kier molecular flexibility index (Phi) is 6.84. The third kappa shape index (κ3) is 5.13. The van der Waals surface area contributed by atoms with Crippen LogP contribution in [0.3, 0.4) is 0 Å². The van der Waals surface area contributed by atoms with Gasteiger partial charge in [0.15, 0.2) is 0 Å². The van der Waals surface area contributed by atoms with Gasteiger partial charge in [-0.25, -0.2) is 0 Å². The van der Waals surface area contributed by atoms with Crippen LogP contribution in [0.2, 0.25) is 12.4 Å². The Morgan fingerprint density at radius 3 is 1.36 bits per heavy atom. The van der Waals surface area contributed by atoms with E-state index in [1.165, 1.54) is 12.4 Å². The van der Waals surface area contributed by atoms with Gasteiger partial charge >= 0.3 is 84.5 Å². The van der Waals surface area contributed by atoms with Crippen molar-refractivity contribution in [3.05, 3.63) is 38.0 Å². The number of halogens is 1. The molecule has 0 aliphatic carbocycles. The molecule has 0 spiro atoms. The van der Waals surface area contributed by atoms with Crippen LogP contribution in [0.1, 0.15) is 0 Å². The molecule has 0 radical (unpaired) electrons. The topological polar surface area (TPSA) is 0 Å². The molecule has 0 bridgehead atoms. The van der Waals surface area contributed by atoms with Crippen molar-refractivity contribution in [3.63, 3.8) is 0 Å². The van der Waals surface area contributed by atoms with Gasteiger partial charge in [0.1, 0.15) is 0 Å². The molecule has 0 heterocycles. The average Bonchev–Trinajstić information content (AvgIpc) is 1.88. The Morgan fingerprint density at radius 2 is 1.18 bits per heavy atom. The van der Waals surface area contributed by atoms with Gasteiger partial charge < -0.3 is 0 Å². The summed E-state index contributed by atoms with van der Waals surface area (Å²) in [4.78, 5) is 0. The van der Waals surface area contributed by atoms with E-state index in [0.29, 0.717) is 0 Å². The predicted octanol–water partition coefficient (Wildman–Crippen LogP) is 4.30. The van der Waals surface area contributed by atoms with Gasteiger partial charge in [0.25, 0.3) is 0 Å². The first-order valence-corrected chi connectivity index (χ1v) is 16.2. The summed E-state index contributed by atoms with van der Waals surface area (Å²) in [7, 11) is 0. The molecule has 0 aromatic carbocycles. The number of hydrogen-bond acceptors (Lipinski definition) is 0. The third-order valence-electron chi connectivity index (χ3n) is 1.53. The first kappa shape index (κ1) is 11.8. The third-order valence-corrected chi connectivity index (χ3v) is 16.9. The van der Waals surface area contributed by atoms with Gasteiger partial charge in [-0.05, 0) is 0 Å². The first-order chi connectivity index (χ1) is 5.18. The van der Waals surface area contributed by atoms with Crippen LogP contribution in [0.25, 0.3) is 0 Å².